The molecule has 7 aliphatic rings. The number of hydrogen-bond donors (Lipinski definition) is 1. The van der Waals surface area contributed by atoms with Gasteiger partial charge in [-0.05, 0) is 43.3 Å². The largest absolute Gasteiger partial charge is 0.389 e. The van der Waals surface area contributed by atoms with E-state index in [4.69, 9.17) is 23.7 Å². The molecule has 4 aliphatic heterocycles. The number of hydrogen-bond acceptors (Lipinski definition) is 6. The van der Waals surface area contributed by atoms with Crippen molar-refractivity contribution in [3.05, 3.63) is 11.1 Å². The molecule has 6 heteroatoms. The second kappa shape index (κ2) is 5.04. The van der Waals surface area contributed by atoms with Crippen molar-refractivity contribution in [3.8, 4) is 0 Å². The standard InChI is InChI=1S/C22H30O6/c1-18-12-15(23)17-14-2-4-20(24-8-9-25-20)13-19(14)6-7-21(17,28-19)16(18)3-5-22(18)26-10-11-27-22/h15-16,23H,2-13H2,1H3/t15-,16+,18-,19+,21-/m0/s1. The first-order valence-corrected chi connectivity index (χ1v) is 11.1. The quantitative estimate of drug-likeness (QED) is 0.641. The lowest BCUT2D eigenvalue weighted by Crippen LogP contribution is -2.59. The summed E-state index contributed by atoms with van der Waals surface area (Å²) in [6, 6.07) is 0. The smallest absolute Gasteiger partial charge is 0.174 e. The Kier molecular flexibility index (Phi) is 3.09. The van der Waals surface area contributed by atoms with Gasteiger partial charge in [0.25, 0.3) is 0 Å². The maximum atomic E-state index is 11.4. The van der Waals surface area contributed by atoms with Crippen molar-refractivity contribution in [1.82, 2.24) is 0 Å². The highest BCUT2D eigenvalue weighted by atomic mass is 16.7. The number of aliphatic hydroxyl groups excluding tert-OH is 1. The van der Waals surface area contributed by atoms with Gasteiger partial charge in [-0.3, -0.25) is 0 Å². The molecule has 2 bridgehead atoms. The van der Waals surface area contributed by atoms with Gasteiger partial charge < -0.3 is 28.8 Å². The minimum absolute atomic E-state index is 0.218. The number of fused-ring (bicyclic) bond motifs is 2. The number of ether oxygens (including phenoxy) is 5. The van der Waals surface area contributed by atoms with Crippen LogP contribution < -0.4 is 0 Å². The monoisotopic (exact) mass is 390 g/mol. The Morgan fingerprint density at radius 2 is 1.68 bits per heavy atom. The molecule has 0 unspecified atom stereocenters. The molecule has 7 rings (SSSR count). The van der Waals surface area contributed by atoms with Gasteiger partial charge in [-0.15, -0.1) is 0 Å². The zero-order valence-electron chi connectivity index (χ0n) is 16.6. The molecule has 154 valence electrons. The van der Waals surface area contributed by atoms with E-state index in [1.165, 1.54) is 11.1 Å². The van der Waals surface area contributed by atoms with Crippen molar-refractivity contribution in [1.29, 1.82) is 0 Å². The topological polar surface area (TPSA) is 66.4 Å². The van der Waals surface area contributed by atoms with Crippen molar-refractivity contribution < 1.29 is 28.8 Å². The molecule has 0 aromatic heterocycles. The lowest BCUT2D eigenvalue weighted by atomic mass is 9.54. The van der Waals surface area contributed by atoms with E-state index >= 15 is 0 Å². The first-order valence-electron chi connectivity index (χ1n) is 11.1. The summed E-state index contributed by atoms with van der Waals surface area (Å²) in [4.78, 5) is 0. The van der Waals surface area contributed by atoms with Crippen LogP contribution in [-0.4, -0.2) is 60.4 Å². The Bertz CT molecular complexity index is 765. The predicted molar refractivity (Wildman–Crippen MR) is 97.4 cm³/mol. The number of aliphatic hydroxyl groups is 1. The summed E-state index contributed by atoms with van der Waals surface area (Å²) in [6.07, 6.45) is 6.72. The average Bonchev–Trinajstić information content (AvgIpc) is 3.44. The predicted octanol–water partition coefficient (Wildman–Crippen LogP) is 2.44. The van der Waals surface area contributed by atoms with Gasteiger partial charge >= 0.3 is 0 Å². The maximum Gasteiger partial charge on any atom is 0.174 e. The third kappa shape index (κ3) is 1.71. The molecule has 6 nitrogen and oxygen atoms in total. The van der Waals surface area contributed by atoms with Gasteiger partial charge in [0, 0.05) is 30.6 Å². The third-order valence-electron chi connectivity index (χ3n) is 9.40. The SMILES string of the molecule is C[C@]12C[C@H](O)C3=C4CCC5(C[C@]46CC[C@]3(O6)[C@@H]1CCC21OCCO1)OCCO5. The Morgan fingerprint density at radius 1 is 0.929 bits per heavy atom. The van der Waals surface area contributed by atoms with E-state index < -0.39 is 17.7 Å². The fourth-order valence-electron chi connectivity index (χ4n) is 8.52. The molecule has 1 N–H and O–H groups in total. The Hall–Kier alpha value is -0.500. The molecular formula is C22H30O6. The van der Waals surface area contributed by atoms with Crippen molar-refractivity contribution in [3.63, 3.8) is 0 Å². The molecule has 0 radical (unpaired) electrons. The summed E-state index contributed by atoms with van der Waals surface area (Å²) in [6.45, 7) is 4.93. The molecule has 6 fully saturated rings. The highest BCUT2D eigenvalue weighted by molar-refractivity contribution is 5.48. The van der Waals surface area contributed by atoms with Crippen LogP contribution in [0, 0.1) is 11.3 Å². The second-order valence-electron chi connectivity index (χ2n) is 10.3. The molecule has 28 heavy (non-hydrogen) atoms. The zero-order valence-corrected chi connectivity index (χ0v) is 16.6. The van der Waals surface area contributed by atoms with Gasteiger partial charge in [0.1, 0.15) is 0 Å². The number of rotatable bonds is 0. The van der Waals surface area contributed by atoms with E-state index in [0.717, 1.165) is 44.9 Å². The Morgan fingerprint density at radius 3 is 2.46 bits per heavy atom. The lowest BCUT2D eigenvalue weighted by molar-refractivity contribution is -0.257. The average molecular weight is 390 g/mol. The van der Waals surface area contributed by atoms with Crippen LogP contribution in [0.3, 0.4) is 0 Å². The summed E-state index contributed by atoms with van der Waals surface area (Å²) < 4.78 is 31.7. The summed E-state index contributed by atoms with van der Waals surface area (Å²) in [7, 11) is 0. The molecule has 3 saturated carbocycles. The van der Waals surface area contributed by atoms with Crippen LogP contribution in [0.2, 0.25) is 0 Å². The van der Waals surface area contributed by atoms with Crippen LogP contribution in [0.15, 0.2) is 11.1 Å². The van der Waals surface area contributed by atoms with Gasteiger partial charge in [0.15, 0.2) is 11.6 Å². The van der Waals surface area contributed by atoms with Gasteiger partial charge in [-0.25, -0.2) is 0 Å². The van der Waals surface area contributed by atoms with Crippen molar-refractivity contribution in [2.24, 2.45) is 11.3 Å². The molecule has 5 atom stereocenters. The highest BCUT2D eigenvalue weighted by Gasteiger charge is 2.76. The minimum Gasteiger partial charge on any atom is -0.389 e. The minimum atomic E-state index is -0.546. The fourth-order valence-corrected chi connectivity index (χ4v) is 8.52. The molecular weight excluding hydrogens is 360 g/mol. The molecule has 0 aromatic rings. The second-order valence-corrected chi connectivity index (χ2v) is 10.3. The molecule has 4 heterocycles. The Balaban J connectivity index is 1.34. The van der Waals surface area contributed by atoms with Gasteiger partial charge in [-0.2, -0.15) is 0 Å². The van der Waals surface area contributed by atoms with E-state index in [2.05, 4.69) is 6.92 Å². The summed E-state index contributed by atoms with van der Waals surface area (Å²) in [5, 5.41) is 11.4. The van der Waals surface area contributed by atoms with Gasteiger partial charge in [-0.1, -0.05) is 6.92 Å². The normalized spacial score (nSPS) is 52.5. The van der Waals surface area contributed by atoms with Crippen LogP contribution in [0.5, 0.6) is 0 Å². The first-order chi connectivity index (χ1) is 13.5. The third-order valence-corrected chi connectivity index (χ3v) is 9.40. The van der Waals surface area contributed by atoms with Crippen LogP contribution >= 0.6 is 0 Å². The summed E-state index contributed by atoms with van der Waals surface area (Å²) in [5.74, 6) is -0.697. The fraction of sp³-hybridized carbons (Fsp3) is 0.909. The van der Waals surface area contributed by atoms with E-state index in [0.29, 0.717) is 38.8 Å². The van der Waals surface area contributed by atoms with E-state index in [1.807, 2.05) is 0 Å². The lowest BCUT2D eigenvalue weighted by Gasteiger charge is -2.54. The summed E-state index contributed by atoms with van der Waals surface area (Å²) in [5.41, 5.74) is 1.70. The molecule has 3 aliphatic carbocycles. The van der Waals surface area contributed by atoms with Gasteiger partial charge in [0.2, 0.25) is 0 Å². The van der Waals surface area contributed by atoms with Crippen LogP contribution in [0.4, 0.5) is 0 Å². The van der Waals surface area contributed by atoms with E-state index in [9.17, 15) is 5.11 Å². The zero-order chi connectivity index (χ0) is 18.8. The van der Waals surface area contributed by atoms with E-state index in [1.54, 1.807) is 0 Å². The summed E-state index contributed by atoms with van der Waals surface area (Å²) >= 11 is 0. The molecule has 3 saturated heterocycles. The van der Waals surface area contributed by atoms with E-state index in [-0.39, 0.29) is 16.6 Å². The van der Waals surface area contributed by atoms with Crippen molar-refractivity contribution >= 4 is 0 Å². The molecule has 4 spiro atoms. The highest BCUT2D eigenvalue weighted by Crippen LogP contribution is 2.73. The Labute approximate surface area is 165 Å². The van der Waals surface area contributed by atoms with Crippen LogP contribution in [0.1, 0.15) is 58.3 Å². The molecule has 0 amide bonds. The maximum absolute atomic E-state index is 11.4. The van der Waals surface area contributed by atoms with Crippen molar-refractivity contribution in [2.45, 2.75) is 87.2 Å². The van der Waals surface area contributed by atoms with Crippen molar-refractivity contribution in [2.75, 3.05) is 26.4 Å². The molecule has 0 aromatic carbocycles. The van der Waals surface area contributed by atoms with Gasteiger partial charge in [0.05, 0.1) is 43.7 Å². The van der Waals surface area contributed by atoms with Crippen LogP contribution in [0.25, 0.3) is 0 Å². The first kappa shape index (κ1) is 17.2. The van der Waals surface area contributed by atoms with Crippen LogP contribution in [-0.2, 0) is 23.7 Å².